The van der Waals surface area contributed by atoms with Gasteiger partial charge in [0.25, 0.3) is 0 Å². The molecule has 4 heteroatoms. The molecule has 0 aliphatic rings. The number of halogens is 3. The van der Waals surface area contributed by atoms with Crippen LogP contribution in [0.1, 0.15) is 40.9 Å². The van der Waals surface area contributed by atoms with Gasteiger partial charge >= 0.3 is 0 Å². The highest BCUT2D eigenvalue weighted by atomic mass is 79.9. The summed E-state index contributed by atoms with van der Waals surface area (Å²) in [4.78, 5) is 2.34. The Morgan fingerprint density at radius 3 is 2.37 bits per heavy atom. The Kier molecular flexibility index (Phi) is 4.53. The van der Waals surface area contributed by atoms with Crippen molar-refractivity contribution in [1.82, 2.24) is 0 Å². The summed E-state index contributed by atoms with van der Waals surface area (Å²) in [5.74, 6) is -0.193. The van der Waals surface area contributed by atoms with Crippen LogP contribution in [-0.2, 0) is 5.41 Å². The average molecular weight is 406 g/mol. The molecule has 2 rings (SSSR count). The van der Waals surface area contributed by atoms with Crippen LogP contribution < -0.4 is 0 Å². The molecule has 0 aliphatic heterocycles. The summed E-state index contributed by atoms with van der Waals surface area (Å²) < 4.78 is 14.7. The fourth-order valence-corrected chi connectivity index (χ4v) is 3.95. The molecule has 0 spiro atoms. The minimum absolute atomic E-state index is 0.0956. The molecule has 0 nitrogen and oxygen atoms in total. The van der Waals surface area contributed by atoms with E-state index >= 15 is 0 Å². The van der Waals surface area contributed by atoms with Crippen LogP contribution in [0.15, 0.2) is 34.8 Å². The van der Waals surface area contributed by atoms with Crippen LogP contribution in [0.3, 0.4) is 0 Å². The highest BCUT2D eigenvalue weighted by Gasteiger charge is 2.21. The van der Waals surface area contributed by atoms with Crippen LogP contribution in [0.4, 0.5) is 4.39 Å². The maximum atomic E-state index is 14.0. The molecular weight excluding hydrogens is 391 g/mol. The Hall–Kier alpha value is -0.190. The van der Waals surface area contributed by atoms with Crippen LogP contribution in [0.2, 0.25) is 0 Å². The van der Waals surface area contributed by atoms with E-state index in [9.17, 15) is 4.39 Å². The maximum absolute atomic E-state index is 14.0. The molecule has 0 bridgehead atoms. The van der Waals surface area contributed by atoms with E-state index in [0.717, 1.165) is 9.35 Å². The molecule has 19 heavy (non-hydrogen) atoms. The van der Waals surface area contributed by atoms with Gasteiger partial charge < -0.3 is 0 Å². The molecule has 0 aliphatic carbocycles. The molecule has 1 heterocycles. The van der Waals surface area contributed by atoms with Gasteiger partial charge in [-0.05, 0) is 29.7 Å². The highest BCUT2D eigenvalue weighted by molar-refractivity contribution is 9.10. The number of rotatable bonds is 2. The minimum Gasteiger partial charge on any atom is -0.207 e. The van der Waals surface area contributed by atoms with Crippen LogP contribution in [-0.4, -0.2) is 0 Å². The summed E-state index contributed by atoms with van der Waals surface area (Å²) in [5.41, 5.74) is 0.805. The van der Waals surface area contributed by atoms with Crippen molar-refractivity contribution in [1.29, 1.82) is 0 Å². The number of thiophene rings is 1. The first-order valence-electron chi connectivity index (χ1n) is 5.98. The van der Waals surface area contributed by atoms with Crippen molar-refractivity contribution < 1.29 is 4.39 Å². The second kappa shape index (κ2) is 5.66. The van der Waals surface area contributed by atoms with Gasteiger partial charge in [0.2, 0.25) is 0 Å². The fraction of sp³-hybridized carbons (Fsp3) is 0.333. The molecule has 0 radical (unpaired) electrons. The van der Waals surface area contributed by atoms with Crippen LogP contribution in [0, 0.1) is 5.82 Å². The van der Waals surface area contributed by atoms with E-state index in [1.54, 1.807) is 11.3 Å². The van der Waals surface area contributed by atoms with Crippen molar-refractivity contribution in [3.63, 3.8) is 0 Å². The summed E-state index contributed by atoms with van der Waals surface area (Å²) in [6, 6.07) is 9.39. The lowest BCUT2D eigenvalue weighted by Crippen LogP contribution is -2.07. The quantitative estimate of drug-likeness (QED) is 0.504. The van der Waals surface area contributed by atoms with E-state index in [0.29, 0.717) is 5.56 Å². The zero-order chi connectivity index (χ0) is 14.2. The molecule has 0 saturated carbocycles. The lowest BCUT2D eigenvalue weighted by Gasteiger charge is -2.16. The SMILES string of the molecule is CC(C)(C)c1ccc(C(Br)c2ccc(Br)cc2F)s1. The molecule has 1 atom stereocenters. The van der Waals surface area contributed by atoms with Crippen molar-refractivity contribution in [2.24, 2.45) is 0 Å². The Morgan fingerprint density at radius 2 is 1.84 bits per heavy atom. The molecule has 0 N–H and O–H groups in total. The largest absolute Gasteiger partial charge is 0.207 e. The molecule has 0 fully saturated rings. The van der Waals surface area contributed by atoms with E-state index in [2.05, 4.69) is 64.8 Å². The van der Waals surface area contributed by atoms with Crippen LogP contribution in [0.5, 0.6) is 0 Å². The first-order valence-corrected chi connectivity index (χ1v) is 8.51. The van der Waals surface area contributed by atoms with Gasteiger partial charge in [-0.3, -0.25) is 0 Å². The first kappa shape index (κ1) is 15.2. The molecule has 2 aromatic rings. The number of benzene rings is 1. The molecule has 102 valence electrons. The van der Waals surface area contributed by atoms with Gasteiger partial charge in [0.15, 0.2) is 0 Å². The van der Waals surface area contributed by atoms with Gasteiger partial charge in [0.05, 0.1) is 4.83 Å². The Balaban J connectivity index is 2.34. The van der Waals surface area contributed by atoms with E-state index in [-0.39, 0.29) is 16.1 Å². The normalized spacial score (nSPS) is 13.6. The number of hydrogen-bond acceptors (Lipinski definition) is 1. The average Bonchev–Trinajstić information content (AvgIpc) is 2.76. The number of hydrogen-bond donors (Lipinski definition) is 0. The zero-order valence-electron chi connectivity index (χ0n) is 11.0. The topological polar surface area (TPSA) is 0 Å². The first-order chi connectivity index (χ1) is 8.79. The fourth-order valence-electron chi connectivity index (χ4n) is 1.75. The molecular formula is C15H15Br2FS. The van der Waals surface area contributed by atoms with Crippen molar-refractivity contribution in [2.75, 3.05) is 0 Å². The molecule has 1 aromatic carbocycles. The van der Waals surface area contributed by atoms with Crippen LogP contribution >= 0.6 is 43.2 Å². The second-order valence-corrected chi connectivity index (χ2v) is 8.43. The third-order valence-electron chi connectivity index (χ3n) is 2.85. The van der Waals surface area contributed by atoms with Gasteiger partial charge in [0.1, 0.15) is 5.82 Å². The van der Waals surface area contributed by atoms with Gasteiger partial charge in [-0.1, -0.05) is 58.7 Å². The summed E-state index contributed by atoms with van der Waals surface area (Å²) >= 11 is 8.61. The van der Waals surface area contributed by atoms with Crippen molar-refractivity contribution in [3.05, 3.63) is 55.9 Å². The lowest BCUT2D eigenvalue weighted by molar-refractivity contribution is 0.604. The highest BCUT2D eigenvalue weighted by Crippen LogP contribution is 2.39. The van der Waals surface area contributed by atoms with Crippen molar-refractivity contribution in [2.45, 2.75) is 31.0 Å². The van der Waals surface area contributed by atoms with Gasteiger partial charge in [-0.25, -0.2) is 4.39 Å². The summed E-state index contributed by atoms with van der Waals surface area (Å²) in [6.07, 6.45) is 0. The Labute approximate surface area is 134 Å². The minimum atomic E-state index is -0.193. The van der Waals surface area contributed by atoms with E-state index < -0.39 is 0 Å². The monoisotopic (exact) mass is 404 g/mol. The predicted octanol–water partition coefficient (Wildman–Crippen LogP) is 6.43. The van der Waals surface area contributed by atoms with Crippen molar-refractivity contribution in [3.8, 4) is 0 Å². The number of alkyl halides is 1. The van der Waals surface area contributed by atoms with Crippen molar-refractivity contribution >= 4 is 43.2 Å². The summed E-state index contributed by atoms with van der Waals surface area (Å²) in [7, 11) is 0. The van der Waals surface area contributed by atoms with E-state index in [4.69, 9.17) is 0 Å². The Bertz CT molecular complexity index is 584. The lowest BCUT2D eigenvalue weighted by atomic mass is 9.95. The van der Waals surface area contributed by atoms with E-state index in [1.165, 1.54) is 10.9 Å². The zero-order valence-corrected chi connectivity index (χ0v) is 15.0. The van der Waals surface area contributed by atoms with Gasteiger partial charge in [-0.15, -0.1) is 11.3 Å². The molecule has 0 saturated heterocycles. The molecule has 0 amide bonds. The summed E-state index contributed by atoms with van der Waals surface area (Å²) in [6.45, 7) is 6.56. The molecule has 1 unspecified atom stereocenters. The third kappa shape index (κ3) is 3.47. The third-order valence-corrected chi connectivity index (χ3v) is 6.21. The standard InChI is InChI=1S/C15H15Br2FS/c1-15(2,3)13-7-6-12(19-13)14(17)10-5-4-9(16)8-11(10)18/h4-8,14H,1-3H3. The Morgan fingerprint density at radius 1 is 1.16 bits per heavy atom. The second-order valence-electron chi connectivity index (χ2n) is 5.48. The van der Waals surface area contributed by atoms with Gasteiger partial charge in [-0.2, -0.15) is 0 Å². The molecule has 1 aromatic heterocycles. The van der Waals surface area contributed by atoms with Crippen LogP contribution in [0.25, 0.3) is 0 Å². The van der Waals surface area contributed by atoms with Gasteiger partial charge in [0, 0.05) is 19.8 Å². The summed E-state index contributed by atoms with van der Waals surface area (Å²) in [5, 5.41) is 0. The predicted molar refractivity (Wildman–Crippen MR) is 87.9 cm³/mol. The van der Waals surface area contributed by atoms with E-state index in [1.807, 2.05) is 12.1 Å². The maximum Gasteiger partial charge on any atom is 0.129 e. The smallest absolute Gasteiger partial charge is 0.129 e.